The van der Waals surface area contributed by atoms with Crippen molar-refractivity contribution in [1.82, 2.24) is 4.98 Å². The molecule has 1 aliphatic carbocycles. The fourth-order valence-corrected chi connectivity index (χ4v) is 3.21. The molecule has 0 saturated heterocycles. The van der Waals surface area contributed by atoms with Gasteiger partial charge in [0.1, 0.15) is 18.5 Å². The average molecular weight is 421 g/mol. The van der Waals surface area contributed by atoms with Crippen molar-refractivity contribution in [3.05, 3.63) is 54.2 Å². The number of ether oxygens (including phenoxy) is 2. The van der Waals surface area contributed by atoms with E-state index >= 15 is 0 Å². The first-order valence-corrected chi connectivity index (χ1v) is 10.4. The van der Waals surface area contributed by atoms with Crippen molar-refractivity contribution in [3.63, 3.8) is 0 Å². The van der Waals surface area contributed by atoms with E-state index in [-0.39, 0.29) is 23.2 Å². The third kappa shape index (κ3) is 6.32. The predicted octanol–water partition coefficient (Wildman–Crippen LogP) is 4.85. The number of esters is 1. The summed E-state index contributed by atoms with van der Waals surface area (Å²) in [7, 11) is 0. The topological polar surface area (TPSA) is 70.0 Å². The maximum atomic E-state index is 12.4. The molecule has 0 bridgehead atoms. The second-order valence-electron chi connectivity index (χ2n) is 8.53. The van der Waals surface area contributed by atoms with Crippen LogP contribution in [0.5, 0.6) is 11.6 Å². The standard InChI is InChI=1S/C25H28N2O4/c1-18(2)17-30-26-16-21-23(25(21,3)4)24(28)29-15-9-11-19-10-8-14-22(27-19)31-20-12-6-5-7-13-20/h5-8,10,12-14,16,18,21,23H,11,17H2,1-4H3. The van der Waals surface area contributed by atoms with Gasteiger partial charge in [-0.3, -0.25) is 4.79 Å². The molecule has 0 spiro atoms. The van der Waals surface area contributed by atoms with E-state index in [0.29, 0.717) is 30.6 Å². The van der Waals surface area contributed by atoms with Crippen LogP contribution in [0.25, 0.3) is 0 Å². The minimum Gasteiger partial charge on any atom is -0.439 e. The van der Waals surface area contributed by atoms with Gasteiger partial charge in [-0.15, -0.1) is 0 Å². The Labute approximate surface area is 183 Å². The van der Waals surface area contributed by atoms with Gasteiger partial charge >= 0.3 is 5.97 Å². The van der Waals surface area contributed by atoms with Gasteiger partial charge in [-0.05, 0) is 29.5 Å². The zero-order chi connectivity index (χ0) is 22.3. The largest absolute Gasteiger partial charge is 0.439 e. The molecule has 2 atom stereocenters. The van der Waals surface area contributed by atoms with Gasteiger partial charge in [0.25, 0.3) is 0 Å². The summed E-state index contributed by atoms with van der Waals surface area (Å²) in [4.78, 5) is 22.0. The van der Waals surface area contributed by atoms with Crippen molar-refractivity contribution in [2.75, 3.05) is 6.61 Å². The monoisotopic (exact) mass is 420 g/mol. The predicted molar refractivity (Wildman–Crippen MR) is 118 cm³/mol. The Morgan fingerprint density at radius 1 is 1.19 bits per heavy atom. The SMILES string of the molecule is CC(C)CON=CC1C(C(=O)OC#CCc2cccc(Oc3ccccc3)n2)C1(C)C. The highest BCUT2D eigenvalue weighted by atomic mass is 16.6. The Kier molecular flexibility index (Phi) is 7.30. The summed E-state index contributed by atoms with van der Waals surface area (Å²) in [5.41, 5.74) is 0.518. The Balaban J connectivity index is 1.49. The number of rotatable bonds is 8. The molecule has 0 amide bonds. The Bertz CT molecular complexity index is 974. The van der Waals surface area contributed by atoms with Crippen LogP contribution in [-0.2, 0) is 20.8 Å². The first kappa shape index (κ1) is 22.4. The van der Waals surface area contributed by atoms with Gasteiger partial charge in [0, 0.05) is 18.2 Å². The van der Waals surface area contributed by atoms with Crippen molar-refractivity contribution >= 4 is 12.2 Å². The lowest BCUT2D eigenvalue weighted by Gasteiger charge is -2.05. The lowest BCUT2D eigenvalue weighted by molar-refractivity contribution is -0.139. The van der Waals surface area contributed by atoms with Gasteiger partial charge in [-0.2, -0.15) is 0 Å². The number of pyridine rings is 1. The second-order valence-corrected chi connectivity index (χ2v) is 8.53. The molecule has 2 unspecified atom stereocenters. The van der Waals surface area contributed by atoms with Crippen LogP contribution in [0.15, 0.2) is 53.7 Å². The molecule has 0 aliphatic heterocycles. The molecule has 1 fully saturated rings. The van der Waals surface area contributed by atoms with Crippen molar-refractivity contribution in [1.29, 1.82) is 0 Å². The quantitative estimate of drug-likeness (QED) is 0.264. The van der Waals surface area contributed by atoms with E-state index in [1.54, 1.807) is 12.3 Å². The highest BCUT2D eigenvalue weighted by Crippen LogP contribution is 2.57. The van der Waals surface area contributed by atoms with Crippen LogP contribution in [0.4, 0.5) is 0 Å². The molecule has 6 nitrogen and oxygen atoms in total. The Morgan fingerprint density at radius 2 is 1.97 bits per heavy atom. The first-order valence-electron chi connectivity index (χ1n) is 10.4. The number of carbonyl (C=O) groups is 1. The third-order valence-electron chi connectivity index (χ3n) is 5.11. The van der Waals surface area contributed by atoms with Crippen LogP contribution >= 0.6 is 0 Å². The van der Waals surface area contributed by atoms with Gasteiger partial charge < -0.3 is 14.3 Å². The van der Waals surface area contributed by atoms with Crippen LogP contribution in [0, 0.1) is 35.2 Å². The molecule has 6 heteroatoms. The lowest BCUT2D eigenvalue weighted by Crippen LogP contribution is -2.07. The molecular formula is C25H28N2O4. The van der Waals surface area contributed by atoms with Crippen LogP contribution in [0.1, 0.15) is 33.4 Å². The molecule has 1 aliphatic rings. The highest BCUT2D eigenvalue weighted by Gasteiger charge is 2.62. The van der Waals surface area contributed by atoms with E-state index in [0.717, 1.165) is 5.69 Å². The van der Waals surface area contributed by atoms with Crippen LogP contribution in [0.3, 0.4) is 0 Å². The maximum absolute atomic E-state index is 12.4. The molecule has 3 rings (SSSR count). The van der Waals surface area contributed by atoms with Gasteiger partial charge in [-0.1, -0.05) is 63.0 Å². The van der Waals surface area contributed by atoms with Crippen LogP contribution < -0.4 is 4.74 Å². The third-order valence-corrected chi connectivity index (χ3v) is 5.11. The van der Waals surface area contributed by atoms with Crippen LogP contribution in [0.2, 0.25) is 0 Å². The number of aromatic nitrogens is 1. The lowest BCUT2D eigenvalue weighted by atomic mass is 10.1. The second kappa shape index (κ2) is 10.1. The van der Waals surface area contributed by atoms with Crippen molar-refractivity contribution < 1.29 is 19.1 Å². The molecule has 1 aromatic heterocycles. The molecule has 162 valence electrons. The fourth-order valence-electron chi connectivity index (χ4n) is 3.21. The minimum absolute atomic E-state index is 0.0116. The number of nitrogens with zero attached hydrogens (tertiary/aromatic N) is 2. The summed E-state index contributed by atoms with van der Waals surface area (Å²) in [5.74, 6) is 3.83. The number of benzene rings is 1. The van der Waals surface area contributed by atoms with E-state index in [4.69, 9.17) is 14.3 Å². The van der Waals surface area contributed by atoms with Crippen molar-refractivity contribution in [3.8, 4) is 23.7 Å². The summed E-state index contributed by atoms with van der Waals surface area (Å²) in [6.07, 6.45) is 4.56. The highest BCUT2D eigenvalue weighted by molar-refractivity contribution is 5.86. The Morgan fingerprint density at radius 3 is 2.71 bits per heavy atom. The van der Waals surface area contributed by atoms with E-state index in [2.05, 4.69) is 36.0 Å². The summed E-state index contributed by atoms with van der Waals surface area (Å²) >= 11 is 0. The molecule has 1 aromatic carbocycles. The summed E-state index contributed by atoms with van der Waals surface area (Å²) in [5, 5.41) is 3.99. The Hall–Kier alpha value is -3.33. The van der Waals surface area contributed by atoms with Gasteiger partial charge in [0.05, 0.1) is 18.0 Å². The summed E-state index contributed by atoms with van der Waals surface area (Å²) in [6, 6.07) is 14.9. The fraction of sp³-hybridized carbons (Fsp3) is 0.400. The number of carbonyl (C=O) groups excluding carboxylic acids is 1. The average Bonchev–Trinajstić information content (AvgIpc) is 3.29. The molecule has 2 aromatic rings. The van der Waals surface area contributed by atoms with Gasteiger partial charge in [0.2, 0.25) is 5.88 Å². The zero-order valence-corrected chi connectivity index (χ0v) is 18.4. The molecule has 0 radical (unpaired) electrons. The maximum Gasteiger partial charge on any atom is 0.324 e. The van der Waals surface area contributed by atoms with Gasteiger partial charge in [-0.25, -0.2) is 4.98 Å². The van der Waals surface area contributed by atoms with Crippen molar-refractivity contribution in [2.24, 2.45) is 28.3 Å². The molecule has 1 heterocycles. The van der Waals surface area contributed by atoms with Crippen LogP contribution in [-0.4, -0.2) is 23.8 Å². The van der Waals surface area contributed by atoms with E-state index in [1.807, 2.05) is 56.3 Å². The molecule has 0 N–H and O–H groups in total. The molecular weight excluding hydrogens is 392 g/mol. The normalized spacial score (nSPS) is 18.9. The number of para-hydroxylation sites is 1. The van der Waals surface area contributed by atoms with Gasteiger partial charge in [0.15, 0.2) is 0 Å². The smallest absolute Gasteiger partial charge is 0.324 e. The summed E-state index contributed by atoms with van der Waals surface area (Å²) < 4.78 is 10.9. The zero-order valence-electron chi connectivity index (χ0n) is 18.4. The van der Waals surface area contributed by atoms with E-state index < -0.39 is 0 Å². The number of oxime groups is 1. The van der Waals surface area contributed by atoms with E-state index in [9.17, 15) is 4.79 Å². The van der Waals surface area contributed by atoms with E-state index in [1.165, 1.54) is 0 Å². The number of hydrogen-bond donors (Lipinski definition) is 0. The first-order chi connectivity index (χ1) is 14.9. The number of hydrogen-bond acceptors (Lipinski definition) is 6. The summed E-state index contributed by atoms with van der Waals surface area (Å²) in [6.45, 7) is 8.67. The van der Waals surface area contributed by atoms with Crippen molar-refractivity contribution in [2.45, 2.75) is 34.1 Å². The molecule has 1 saturated carbocycles. The minimum atomic E-state index is -0.341. The molecule has 31 heavy (non-hydrogen) atoms.